The summed E-state index contributed by atoms with van der Waals surface area (Å²) >= 11 is 2.76. The normalized spacial score (nSPS) is 11.1. The van der Waals surface area contributed by atoms with Crippen LogP contribution >= 0.6 is 23.1 Å². The van der Waals surface area contributed by atoms with Gasteiger partial charge in [-0.05, 0) is 19.1 Å². The molecule has 30 heavy (non-hydrogen) atoms. The van der Waals surface area contributed by atoms with Crippen LogP contribution in [0.15, 0.2) is 52.9 Å². The fraction of sp³-hybridized carbons (Fsp3) is 0.211. The minimum Gasteiger partial charge on any atom is -0.483 e. The molecule has 154 valence electrons. The molecule has 0 saturated heterocycles. The van der Waals surface area contributed by atoms with Gasteiger partial charge in [-0.25, -0.2) is 9.37 Å². The fourth-order valence-electron chi connectivity index (χ4n) is 2.71. The zero-order valence-electron chi connectivity index (χ0n) is 16.0. The molecular formula is C19H17FN6O2S2. The lowest BCUT2D eigenvalue weighted by molar-refractivity contribution is 0.275. The van der Waals surface area contributed by atoms with Gasteiger partial charge >= 0.3 is 0 Å². The SMILES string of the molecule is C=CCn1c(COc2ccccc2F)nnc1SCc1cc(=O)n2nc(C)sc2n1. The average molecular weight is 445 g/mol. The van der Waals surface area contributed by atoms with E-state index in [0.29, 0.717) is 33.9 Å². The van der Waals surface area contributed by atoms with E-state index in [1.807, 2.05) is 11.5 Å². The number of ether oxygens (including phenoxy) is 1. The van der Waals surface area contributed by atoms with Crippen LogP contribution in [-0.4, -0.2) is 29.4 Å². The summed E-state index contributed by atoms with van der Waals surface area (Å²) in [6, 6.07) is 7.66. The van der Waals surface area contributed by atoms with Crippen molar-refractivity contribution in [2.45, 2.75) is 31.0 Å². The van der Waals surface area contributed by atoms with Crippen molar-refractivity contribution in [2.75, 3.05) is 0 Å². The van der Waals surface area contributed by atoms with Crippen molar-refractivity contribution in [1.29, 1.82) is 0 Å². The molecule has 0 N–H and O–H groups in total. The smallest absolute Gasteiger partial charge is 0.275 e. The Labute approximate surface area is 179 Å². The Bertz CT molecular complexity index is 1270. The Morgan fingerprint density at radius 3 is 2.97 bits per heavy atom. The second-order valence-electron chi connectivity index (χ2n) is 6.21. The van der Waals surface area contributed by atoms with Crippen LogP contribution in [0.3, 0.4) is 0 Å². The standard InChI is InChI=1S/C19H17FN6O2S2/c1-3-8-25-16(10-28-15-7-5-4-6-14(15)20)22-23-19(25)29-11-13-9-17(27)26-18(21-13)30-12(2)24-26/h3-7,9H,1,8,10-11H2,2H3. The maximum atomic E-state index is 13.8. The van der Waals surface area contributed by atoms with Gasteiger partial charge < -0.3 is 4.74 Å². The minimum atomic E-state index is -0.437. The number of thioether (sulfide) groups is 1. The summed E-state index contributed by atoms with van der Waals surface area (Å²) in [4.78, 5) is 17.3. The van der Waals surface area contributed by atoms with E-state index in [4.69, 9.17) is 4.74 Å². The Kier molecular flexibility index (Phi) is 5.91. The van der Waals surface area contributed by atoms with Crippen molar-refractivity contribution in [1.82, 2.24) is 29.4 Å². The number of hydrogen-bond donors (Lipinski definition) is 0. The van der Waals surface area contributed by atoms with Crippen LogP contribution in [0.25, 0.3) is 4.96 Å². The summed E-state index contributed by atoms with van der Waals surface area (Å²) in [7, 11) is 0. The number of nitrogens with zero attached hydrogens (tertiary/aromatic N) is 6. The first-order chi connectivity index (χ1) is 14.5. The molecule has 0 aliphatic rings. The number of allylic oxidation sites excluding steroid dienone is 1. The van der Waals surface area contributed by atoms with Gasteiger partial charge in [-0.3, -0.25) is 9.36 Å². The first-order valence-corrected chi connectivity index (χ1v) is 10.7. The van der Waals surface area contributed by atoms with E-state index in [1.54, 1.807) is 24.3 Å². The third-order valence-corrected chi connectivity index (χ3v) is 5.87. The molecule has 0 amide bonds. The highest BCUT2D eigenvalue weighted by molar-refractivity contribution is 7.98. The van der Waals surface area contributed by atoms with Crippen LogP contribution in [0.1, 0.15) is 16.5 Å². The molecule has 0 fully saturated rings. The van der Waals surface area contributed by atoms with E-state index in [0.717, 1.165) is 5.01 Å². The van der Waals surface area contributed by atoms with Crippen molar-refractivity contribution in [3.05, 3.63) is 75.7 Å². The van der Waals surface area contributed by atoms with Crippen LogP contribution in [0, 0.1) is 12.7 Å². The Morgan fingerprint density at radius 1 is 1.33 bits per heavy atom. The number of fused-ring (bicyclic) bond motifs is 1. The Hall–Kier alpha value is -3.05. The molecule has 3 aromatic heterocycles. The molecule has 0 aliphatic carbocycles. The molecule has 0 aliphatic heterocycles. The van der Waals surface area contributed by atoms with Crippen molar-refractivity contribution in [3.63, 3.8) is 0 Å². The van der Waals surface area contributed by atoms with E-state index in [9.17, 15) is 9.18 Å². The maximum absolute atomic E-state index is 13.8. The number of halogens is 1. The molecule has 0 bridgehead atoms. The van der Waals surface area contributed by atoms with Gasteiger partial charge in [-0.1, -0.05) is 41.3 Å². The van der Waals surface area contributed by atoms with Gasteiger partial charge in [0.2, 0.25) is 4.96 Å². The van der Waals surface area contributed by atoms with Crippen LogP contribution in [0.4, 0.5) is 4.39 Å². The first kappa shape index (κ1) is 20.2. The predicted molar refractivity (Wildman–Crippen MR) is 112 cm³/mol. The van der Waals surface area contributed by atoms with Crippen molar-refractivity contribution < 1.29 is 9.13 Å². The van der Waals surface area contributed by atoms with E-state index in [1.165, 1.54) is 39.7 Å². The molecule has 11 heteroatoms. The zero-order chi connectivity index (χ0) is 21.1. The van der Waals surface area contributed by atoms with E-state index in [2.05, 4.69) is 26.9 Å². The highest BCUT2D eigenvalue weighted by atomic mass is 32.2. The number of aryl methyl sites for hydroxylation is 1. The van der Waals surface area contributed by atoms with Crippen LogP contribution in [0.2, 0.25) is 0 Å². The molecule has 4 aromatic rings. The van der Waals surface area contributed by atoms with Crippen LogP contribution < -0.4 is 10.3 Å². The molecule has 0 spiro atoms. The van der Waals surface area contributed by atoms with Gasteiger partial charge in [0.1, 0.15) is 11.6 Å². The fourth-order valence-corrected chi connectivity index (χ4v) is 4.34. The lowest BCUT2D eigenvalue weighted by Gasteiger charge is -2.09. The number of rotatable bonds is 8. The summed E-state index contributed by atoms with van der Waals surface area (Å²) in [6.45, 7) is 6.13. The second-order valence-corrected chi connectivity index (χ2v) is 8.31. The molecule has 8 nitrogen and oxygen atoms in total. The largest absolute Gasteiger partial charge is 0.483 e. The minimum absolute atomic E-state index is 0.0635. The summed E-state index contributed by atoms with van der Waals surface area (Å²) in [5, 5.41) is 13.9. The Balaban J connectivity index is 1.51. The molecule has 0 radical (unpaired) electrons. The summed E-state index contributed by atoms with van der Waals surface area (Å²) in [5.74, 6) is 0.694. The number of aromatic nitrogens is 6. The average Bonchev–Trinajstić information content (AvgIpc) is 3.29. The highest BCUT2D eigenvalue weighted by Gasteiger charge is 2.15. The first-order valence-electron chi connectivity index (χ1n) is 8.94. The molecule has 4 rings (SSSR count). The topological polar surface area (TPSA) is 87.2 Å². The quantitative estimate of drug-likeness (QED) is 0.305. The third kappa shape index (κ3) is 4.26. The van der Waals surface area contributed by atoms with Gasteiger partial charge in [0.05, 0.1) is 5.69 Å². The van der Waals surface area contributed by atoms with E-state index < -0.39 is 5.82 Å². The lowest BCUT2D eigenvalue weighted by atomic mass is 10.3. The third-order valence-electron chi connectivity index (χ3n) is 4.05. The van der Waals surface area contributed by atoms with Gasteiger partial charge in [0.25, 0.3) is 5.56 Å². The van der Waals surface area contributed by atoms with E-state index in [-0.39, 0.29) is 17.9 Å². The number of hydrogen-bond acceptors (Lipinski definition) is 8. The summed E-state index contributed by atoms with van der Waals surface area (Å²) in [6.07, 6.45) is 1.72. The summed E-state index contributed by atoms with van der Waals surface area (Å²) in [5.41, 5.74) is 0.414. The molecule has 3 heterocycles. The van der Waals surface area contributed by atoms with E-state index >= 15 is 0 Å². The van der Waals surface area contributed by atoms with Gasteiger partial charge in [0.15, 0.2) is 22.5 Å². The monoisotopic (exact) mass is 444 g/mol. The molecule has 1 aromatic carbocycles. The number of para-hydroxylation sites is 1. The lowest BCUT2D eigenvalue weighted by Crippen LogP contribution is -2.15. The van der Waals surface area contributed by atoms with Gasteiger partial charge in [-0.15, -0.1) is 16.8 Å². The van der Waals surface area contributed by atoms with Crippen molar-refractivity contribution in [2.24, 2.45) is 0 Å². The second kappa shape index (κ2) is 8.76. The van der Waals surface area contributed by atoms with Crippen molar-refractivity contribution in [3.8, 4) is 5.75 Å². The molecule has 0 atom stereocenters. The zero-order valence-corrected chi connectivity index (χ0v) is 17.6. The highest BCUT2D eigenvalue weighted by Crippen LogP contribution is 2.23. The predicted octanol–water partition coefficient (Wildman–Crippen LogP) is 3.25. The Morgan fingerprint density at radius 2 is 2.17 bits per heavy atom. The number of benzene rings is 1. The summed E-state index contributed by atoms with van der Waals surface area (Å²) < 4.78 is 22.5. The molecule has 0 saturated carbocycles. The van der Waals surface area contributed by atoms with Crippen LogP contribution in [0.5, 0.6) is 5.75 Å². The van der Waals surface area contributed by atoms with Gasteiger partial charge in [0, 0.05) is 18.4 Å². The molecule has 0 unspecified atom stereocenters. The maximum Gasteiger partial charge on any atom is 0.275 e. The van der Waals surface area contributed by atoms with Crippen molar-refractivity contribution >= 4 is 28.1 Å². The van der Waals surface area contributed by atoms with Gasteiger partial charge in [-0.2, -0.15) is 9.61 Å². The van der Waals surface area contributed by atoms with Crippen LogP contribution in [-0.2, 0) is 18.9 Å². The molecular weight excluding hydrogens is 427 g/mol.